The Labute approximate surface area is 139 Å². The van der Waals surface area contributed by atoms with Crippen molar-refractivity contribution in [1.29, 1.82) is 0 Å². The number of hydrogen-bond acceptors (Lipinski definition) is 3. The monoisotopic (exact) mass is 315 g/mol. The molecule has 1 aromatic carbocycles. The standard InChI is InChI=1S/C12H21N3O.C7H8/c1-2-6-12(15-10-9-13-14-15)16-11-7-4-3-5-8-11;1-7-5-3-2-4-6-7/h9-12H,2-8H2,1H3;2-6H,1H3. The van der Waals surface area contributed by atoms with Crippen molar-refractivity contribution in [2.45, 2.75) is 71.1 Å². The predicted octanol–water partition coefficient (Wildman–Crippen LogP) is 4.92. The molecule has 4 nitrogen and oxygen atoms in total. The smallest absolute Gasteiger partial charge is 0.152 e. The normalized spacial score (nSPS) is 16.4. The summed E-state index contributed by atoms with van der Waals surface area (Å²) in [7, 11) is 0. The van der Waals surface area contributed by atoms with Crippen molar-refractivity contribution in [1.82, 2.24) is 15.0 Å². The predicted molar refractivity (Wildman–Crippen MR) is 93.1 cm³/mol. The minimum Gasteiger partial charge on any atom is -0.353 e. The Morgan fingerprint density at radius 2 is 1.91 bits per heavy atom. The highest BCUT2D eigenvalue weighted by atomic mass is 16.5. The summed E-state index contributed by atoms with van der Waals surface area (Å²) in [4.78, 5) is 0. The molecule has 1 atom stereocenters. The molecule has 0 N–H and O–H groups in total. The lowest BCUT2D eigenvalue weighted by molar-refractivity contribution is -0.0787. The number of ether oxygens (including phenoxy) is 1. The molecule has 0 saturated heterocycles. The minimum absolute atomic E-state index is 0.0793. The first-order valence-corrected chi connectivity index (χ1v) is 8.82. The zero-order valence-electron chi connectivity index (χ0n) is 14.4. The van der Waals surface area contributed by atoms with Crippen molar-refractivity contribution < 1.29 is 4.74 Å². The Bertz CT molecular complexity index is 507. The number of benzene rings is 1. The molecule has 126 valence electrons. The third kappa shape index (κ3) is 6.53. The van der Waals surface area contributed by atoms with Gasteiger partial charge in [0.25, 0.3) is 0 Å². The van der Waals surface area contributed by atoms with Gasteiger partial charge in [0, 0.05) is 6.20 Å². The molecule has 1 aromatic heterocycles. The summed E-state index contributed by atoms with van der Waals surface area (Å²) in [6, 6.07) is 10.3. The molecule has 1 saturated carbocycles. The highest BCUT2D eigenvalue weighted by Gasteiger charge is 2.20. The third-order valence-electron chi connectivity index (χ3n) is 4.11. The summed E-state index contributed by atoms with van der Waals surface area (Å²) in [5, 5.41) is 7.89. The van der Waals surface area contributed by atoms with Gasteiger partial charge in [0.1, 0.15) is 0 Å². The molecule has 1 aliphatic rings. The van der Waals surface area contributed by atoms with Crippen molar-refractivity contribution in [2.75, 3.05) is 0 Å². The van der Waals surface area contributed by atoms with E-state index in [1.165, 1.54) is 37.7 Å². The quantitative estimate of drug-likeness (QED) is 0.786. The fourth-order valence-corrected chi connectivity index (χ4v) is 2.84. The molecule has 0 amide bonds. The van der Waals surface area contributed by atoms with Gasteiger partial charge >= 0.3 is 0 Å². The number of nitrogens with zero attached hydrogens (tertiary/aromatic N) is 3. The lowest BCUT2D eigenvalue weighted by Gasteiger charge is -2.27. The van der Waals surface area contributed by atoms with E-state index in [4.69, 9.17) is 4.74 Å². The van der Waals surface area contributed by atoms with E-state index in [9.17, 15) is 0 Å². The van der Waals surface area contributed by atoms with Crippen LogP contribution in [0.15, 0.2) is 42.7 Å². The maximum absolute atomic E-state index is 6.14. The van der Waals surface area contributed by atoms with Crippen molar-refractivity contribution in [3.8, 4) is 0 Å². The van der Waals surface area contributed by atoms with Gasteiger partial charge in [-0.2, -0.15) is 0 Å². The molecule has 1 unspecified atom stereocenters. The number of aromatic nitrogens is 3. The fraction of sp³-hybridized carbons (Fsp3) is 0.579. The van der Waals surface area contributed by atoms with E-state index in [1.807, 2.05) is 29.1 Å². The number of rotatable bonds is 5. The first kappa shape index (κ1) is 17.7. The molecule has 2 aromatic rings. The molecule has 1 fully saturated rings. The lowest BCUT2D eigenvalue weighted by Crippen LogP contribution is -2.23. The largest absolute Gasteiger partial charge is 0.353 e. The maximum Gasteiger partial charge on any atom is 0.152 e. The van der Waals surface area contributed by atoms with Crippen LogP contribution in [0.1, 0.15) is 63.7 Å². The number of hydrogen-bond donors (Lipinski definition) is 0. The van der Waals surface area contributed by atoms with E-state index in [-0.39, 0.29) is 6.23 Å². The van der Waals surface area contributed by atoms with Crippen LogP contribution in [0.2, 0.25) is 0 Å². The van der Waals surface area contributed by atoms with Crippen LogP contribution in [0.3, 0.4) is 0 Å². The van der Waals surface area contributed by atoms with E-state index < -0.39 is 0 Å². The Morgan fingerprint density at radius 1 is 1.17 bits per heavy atom. The first-order chi connectivity index (χ1) is 11.3. The van der Waals surface area contributed by atoms with E-state index in [0.29, 0.717) is 6.10 Å². The van der Waals surface area contributed by atoms with Gasteiger partial charge in [-0.05, 0) is 26.2 Å². The topological polar surface area (TPSA) is 39.9 Å². The Balaban J connectivity index is 0.000000229. The molecule has 3 rings (SSSR count). The zero-order valence-corrected chi connectivity index (χ0v) is 14.4. The summed E-state index contributed by atoms with van der Waals surface area (Å²) < 4.78 is 7.98. The molecule has 4 heteroatoms. The van der Waals surface area contributed by atoms with Crippen molar-refractivity contribution >= 4 is 0 Å². The summed E-state index contributed by atoms with van der Waals surface area (Å²) in [6.07, 6.45) is 12.6. The van der Waals surface area contributed by atoms with Crippen LogP contribution in [-0.4, -0.2) is 21.1 Å². The van der Waals surface area contributed by atoms with Crippen molar-refractivity contribution in [3.63, 3.8) is 0 Å². The molecule has 23 heavy (non-hydrogen) atoms. The second-order valence-electron chi connectivity index (χ2n) is 6.18. The molecular weight excluding hydrogens is 286 g/mol. The van der Waals surface area contributed by atoms with Gasteiger partial charge in [0.15, 0.2) is 6.23 Å². The van der Waals surface area contributed by atoms with Gasteiger partial charge in [-0.1, -0.05) is 73.7 Å². The third-order valence-corrected chi connectivity index (χ3v) is 4.11. The van der Waals surface area contributed by atoms with Gasteiger partial charge in [-0.25, -0.2) is 4.68 Å². The van der Waals surface area contributed by atoms with Crippen molar-refractivity contribution in [2.24, 2.45) is 0 Å². The van der Waals surface area contributed by atoms with E-state index in [1.54, 1.807) is 6.20 Å². The minimum atomic E-state index is 0.0793. The molecule has 0 spiro atoms. The fourth-order valence-electron chi connectivity index (χ4n) is 2.84. The van der Waals surface area contributed by atoms with Gasteiger partial charge in [0.05, 0.1) is 12.3 Å². The average Bonchev–Trinajstić information content (AvgIpc) is 3.11. The average molecular weight is 315 g/mol. The van der Waals surface area contributed by atoms with Gasteiger partial charge < -0.3 is 4.74 Å². The lowest BCUT2D eigenvalue weighted by atomic mass is 9.98. The molecule has 0 radical (unpaired) electrons. The zero-order chi connectivity index (χ0) is 16.3. The highest BCUT2D eigenvalue weighted by Crippen LogP contribution is 2.25. The summed E-state index contributed by atoms with van der Waals surface area (Å²) in [5.74, 6) is 0. The van der Waals surface area contributed by atoms with Gasteiger partial charge in [-0.15, -0.1) is 5.10 Å². The van der Waals surface area contributed by atoms with E-state index in [2.05, 4.69) is 36.3 Å². The Hall–Kier alpha value is -1.68. The van der Waals surface area contributed by atoms with Crippen LogP contribution in [0, 0.1) is 6.92 Å². The van der Waals surface area contributed by atoms with Gasteiger partial charge in [0.2, 0.25) is 0 Å². The molecule has 0 bridgehead atoms. The Morgan fingerprint density at radius 3 is 2.43 bits per heavy atom. The van der Waals surface area contributed by atoms with Crippen molar-refractivity contribution in [3.05, 3.63) is 48.3 Å². The summed E-state index contributed by atoms with van der Waals surface area (Å²) in [6.45, 7) is 4.26. The molecule has 1 aliphatic carbocycles. The first-order valence-electron chi connectivity index (χ1n) is 8.82. The highest BCUT2D eigenvalue weighted by molar-refractivity contribution is 5.11. The van der Waals surface area contributed by atoms with Crippen LogP contribution in [-0.2, 0) is 4.74 Å². The van der Waals surface area contributed by atoms with Crippen LogP contribution in [0.4, 0.5) is 0 Å². The summed E-state index contributed by atoms with van der Waals surface area (Å²) >= 11 is 0. The molecule has 0 aliphatic heterocycles. The Kier molecular flexibility index (Phi) is 7.81. The van der Waals surface area contributed by atoms with Crippen LogP contribution in [0.25, 0.3) is 0 Å². The molecular formula is C19H29N3O. The van der Waals surface area contributed by atoms with Gasteiger partial charge in [-0.3, -0.25) is 0 Å². The van der Waals surface area contributed by atoms with Crippen LogP contribution >= 0.6 is 0 Å². The molecule has 1 heterocycles. The second kappa shape index (κ2) is 10.2. The van der Waals surface area contributed by atoms with Crippen LogP contribution < -0.4 is 0 Å². The van der Waals surface area contributed by atoms with Crippen LogP contribution in [0.5, 0.6) is 0 Å². The SMILES string of the molecule is CCCC(OC1CCCCC1)n1ccnn1.Cc1ccccc1. The van der Waals surface area contributed by atoms with E-state index in [0.717, 1.165) is 12.8 Å². The second-order valence-corrected chi connectivity index (χ2v) is 6.18. The summed E-state index contributed by atoms with van der Waals surface area (Å²) in [5.41, 5.74) is 1.32. The van der Waals surface area contributed by atoms with E-state index >= 15 is 0 Å². The maximum atomic E-state index is 6.14. The number of aryl methyl sites for hydroxylation is 1.